The summed E-state index contributed by atoms with van der Waals surface area (Å²) in [4.78, 5) is 18.4. The third kappa shape index (κ3) is 4.97. The molecule has 1 N–H and O–H groups in total. The maximum atomic E-state index is 13.1. The summed E-state index contributed by atoms with van der Waals surface area (Å²) in [6, 6.07) is 6.73. The SMILES string of the molecule is CCCN(CCC)C(=O)c1cncc(Nc2ccccc2C(F)(F)F)c1. The van der Waals surface area contributed by atoms with Crippen molar-refractivity contribution in [2.75, 3.05) is 18.4 Å². The van der Waals surface area contributed by atoms with Crippen LogP contribution in [0.5, 0.6) is 0 Å². The van der Waals surface area contributed by atoms with Crippen LogP contribution in [0.4, 0.5) is 24.5 Å². The average Bonchev–Trinajstić information content (AvgIpc) is 2.61. The average molecular weight is 365 g/mol. The molecule has 4 nitrogen and oxygen atoms in total. The Kier molecular flexibility index (Phi) is 6.60. The molecule has 26 heavy (non-hydrogen) atoms. The molecule has 140 valence electrons. The summed E-state index contributed by atoms with van der Waals surface area (Å²) in [5.41, 5.74) is -0.164. The van der Waals surface area contributed by atoms with Crippen molar-refractivity contribution >= 4 is 17.3 Å². The Hall–Kier alpha value is -2.57. The van der Waals surface area contributed by atoms with Crippen LogP contribution in [0.25, 0.3) is 0 Å². The largest absolute Gasteiger partial charge is 0.418 e. The van der Waals surface area contributed by atoms with E-state index < -0.39 is 11.7 Å². The van der Waals surface area contributed by atoms with E-state index in [4.69, 9.17) is 0 Å². The summed E-state index contributed by atoms with van der Waals surface area (Å²) >= 11 is 0. The normalized spacial score (nSPS) is 11.3. The van der Waals surface area contributed by atoms with Gasteiger partial charge in [0.1, 0.15) is 0 Å². The number of hydrogen-bond donors (Lipinski definition) is 1. The van der Waals surface area contributed by atoms with Gasteiger partial charge in [0.2, 0.25) is 0 Å². The standard InChI is InChI=1S/C19H22F3N3O/c1-3-9-25(10-4-2)18(26)14-11-15(13-23-12-14)24-17-8-6-5-7-16(17)19(20,21)22/h5-8,11-13,24H,3-4,9-10H2,1-2H3. The summed E-state index contributed by atoms with van der Waals surface area (Å²) < 4.78 is 39.4. The van der Waals surface area contributed by atoms with Crippen LogP contribution in [0.15, 0.2) is 42.7 Å². The predicted octanol–water partition coefficient (Wildman–Crippen LogP) is 5.11. The zero-order chi connectivity index (χ0) is 19.2. The van der Waals surface area contributed by atoms with Crippen molar-refractivity contribution in [3.8, 4) is 0 Å². The molecule has 0 saturated heterocycles. The number of nitrogens with zero attached hydrogens (tertiary/aromatic N) is 2. The fourth-order valence-corrected chi connectivity index (χ4v) is 2.66. The lowest BCUT2D eigenvalue weighted by Crippen LogP contribution is -2.32. The van der Waals surface area contributed by atoms with Crippen molar-refractivity contribution in [2.24, 2.45) is 0 Å². The van der Waals surface area contributed by atoms with Gasteiger partial charge in [-0.05, 0) is 31.0 Å². The number of carbonyl (C=O) groups is 1. The van der Waals surface area contributed by atoms with Gasteiger partial charge in [-0.25, -0.2) is 0 Å². The molecule has 0 atom stereocenters. The summed E-state index contributed by atoms with van der Waals surface area (Å²) in [6.45, 7) is 5.23. The molecule has 1 aromatic heterocycles. The van der Waals surface area contributed by atoms with Crippen molar-refractivity contribution in [1.29, 1.82) is 0 Å². The number of benzene rings is 1. The van der Waals surface area contributed by atoms with Crippen LogP contribution >= 0.6 is 0 Å². The Labute approximate surface area is 151 Å². The number of hydrogen-bond acceptors (Lipinski definition) is 3. The first-order valence-corrected chi connectivity index (χ1v) is 8.54. The molecule has 0 aliphatic carbocycles. The molecule has 0 fully saturated rings. The third-order valence-electron chi connectivity index (χ3n) is 3.77. The van der Waals surface area contributed by atoms with E-state index >= 15 is 0 Å². The van der Waals surface area contributed by atoms with Gasteiger partial charge in [0.15, 0.2) is 0 Å². The second kappa shape index (κ2) is 8.69. The van der Waals surface area contributed by atoms with Crippen LogP contribution in [0.3, 0.4) is 0 Å². The van der Waals surface area contributed by atoms with Crippen LogP contribution in [0, 0.1) is 0 Å². The molecule has 1 heterocycles. The van der Waals surface area contributed by atoms with E-state index in [0.29, 0.717) is 24.3 Å². The van der Waals surface area contributed by atoms with Gasteiger partial charge in [-0.3, -0.25) is 9.78 Å². The number of para-hydroxylation sites is 1. The van der Waals surface area contributed by atoms with Gasteiger partial charge in [0.25, 0.3) is 5.91 Å². The van der Waals surface area contributed by atoms with E-state index in [1.165, 1.54) is 36.7 Å². The highest BCUT2D eigenvalue weighted by molar-refractivity contribution is 5.95. The highest BCUT2D eigenvalue weighted by Gasteiger charge is 2.33. The van der Waals surface area contributed by atoms with Crippen molar-refractivity contribution < 1.29 is 18.0 Å². The minimum Gasteiger partial charge on any atom is -0.354 e. The summed E-state index contributed by atoms with van der Waals surface area (Å²) in [7, 11) is 0. The topological polar surface area (TPSA) is 45.2 Å². The van der Waals surface area contributed by atoms with E-state index in [-0.39, 0.29) is 11.6 Å². The number of pyridine rings is 1. The number of halogens is 3. The van der Waals surface area contributed by atoms with Gasteiger partial charge < -0.3 is 10.2 Å². The fourth-order valence-electron chi connectivity index (χ4n) is 2.66. The lowest BCUT2D eigenvalue weighted by atomic mass is 10.1. The van der Waals surface area contributed by atoms with Crippen molar-refractivity contribution in [3.63, 3.8) is 0 Å². The number of rotatable bonds is 7. The fraction of sp³-hybridized carbons (Fsp3) is 0.368. The maximum absolute atomic E-state index is 13.1. The lowest BCUT2D eigenvalue weighted by Gasteiger charge is -2.21. The first kappa shape index (κ1) is 19.8. The van der Waals surface area contributed by atoms with Gasteiger partial charge in [-0.2, -0.15) is 13.2 Å². The predicted molar refractivity (Wildman–Crippen MR) is 95.4 cm³/mol. The molecular weight excluding hydrogens is 343 g/mol. The number of amides is 1. The number of carbonyl (C=O) groups excluding carboxylic acids is 1. The van der Waals surface area contributed by atoms with E-state index in [1.807, 2.05) is 13.8 Å². The van der Waals surface area contributed by atoms with Crippen LogP contribution in [-0.4, -0.2) is 28.9 Å². The van der Waals surface area contributed by atoms with Crippen LogP contribution in [-0.2, 0) is 6.18 Å². The van der Waals surface area contributed by atoms with E-state index in [2.05, 4.69) is 10.3 Å². The Morgan fingerprint density at radius 1 is 1.12 bits per heavy atom. The maximum Gasteiger partial charge on any atom is 0.418 e. The van der Waals surface area contributed by atoms with Gasteiger partial charge >= 0.3 is 6.18 Å². The van der Waals surface area contributed by atoms with Crippen molar-refractivity contribution in [1.82, 2.24) is 9.88 Å². The molecule has 2 aromatic rings. The Morgan fingerprint density at radius 2 is 1.77 bits per heavy atom. The lowest BCUT2D eigenvalue weighted by molar-refractivity contribution is -0.136. The number of aromatic nitrogens is 1. The number of anilines is 2. The molecule has 2 rings (SSSR count). The molecule has 0 saturated carbocycles. The molecular formula is C19H22F3N3O. The van der Waals surface area contributed by atoms with E-state index in [9.17, 15) is 18.0 Å². The quantitative estimate of drug-likeness (QED) is 0.742. The van der Waals surface area contributed by atoms with E-state index in [1.54, 1.807) is 4.90 Å². The smallest absolute Gasteiger partial charge is 0.354 e. The summed E-state index contributed by atoms with van der Waals surface area (Å²) in [5, 5.41) is 2.72. The van der Waals surface area contributed by atoms with Crippen molar-refractivity contribution in [3.05, 3.63) is 53.9 Å². The molecule has 0 aliphatic rings. The van der Waals surface area contributed by atoms with Crippen LogP contribution in [0.1, 0.15) is 42.6 Å². The first-order valence-electron chi connectivity index (χ1n) is 8.54. The van der Waals surface area contributed by atoms with Gasteiger partial charge in [-0.1, -0.05) is 26.0 Å². The van der Waals surface area contributed by atoms with Gasteiger partial charge in [-0.15, -0.1) is 0 Å². The Balaban J connectivity index is 2.26. The molecule has 0 radical (unpaired) electrons. The van der Waals surface area contributed by atoms with Crippen molar-refractivity contribution in [2.45, 2.75) is 32.9 Å². The van der Waals surface area contributed by atoms with Gasteiger partial charge in [0, 0.05) is 19.3 Å². The molecule has 1 aromatic carbocycles. The molecule has 1 amide bonds. The Morgan fingerprint density at radius 3 is 2.38 bits per heavy atom. The second-order valence-corrected chi connectivity index (χ2v) is 5.92. The summed E-state index contributed by atoms with van der Waals surface area (Å²) in [5.74, 6) is -0.172. The molecule has 0 unspecified atom stereocenters. The molecule has 0 aliphatic heterocycles. The molecule has 0 spiro atoms. The third-order valence-corrected chi connectivity index (χ3v) is 3.77. The van der Waals surface area contributed by atoms with Crippen LogP contribution in [0.2, 0.25) is 0 Å². The van der Waals surface area contributed by atoms with E-state index in [0.717, 1.165) is 18.9 Å². The number of nitrogens with one attached hydrogen (secondary N) is 1. The molecule has 0 bridgehead atoms. The second-order valence-electron chi connectivity index (χ2n) is 5.92. The highest BCUT2D eigenvalue weighted by atomic mass is 19.4. The number of alkyl halides is 3. The zero-order valence-corrected chi connectivity index (χ0v) is 14.8. The monoisotopic (exact) mass is 365 g/mol. The zero-order valence-electron chi connectivity index (χ0n) is 14.8. The first-order chi connectivity index (χ1) is 12.4. The van der Waals surface area contributed by atoms with Crippen LogP contribution < -0.4 is 5.32 Å². The molecule has 7 heteroatoms. The van der Waals surface area contributed by atoms with Gasteiger partial charge in [0.05, 0.1) is 28.7 Å². The Bertz CT molecular complexity index is 741. The minimum absolute atomic E-state index is 0.0784. The minimum atomic E-state index is -4.47. The highest BCUT2D eigenvalue weighted by Crippen LogP contribution is 2.35. The summed E-state index contributed by atoms with van der Waals surface area (Å²) in [6.07, 6.45) is 0.0189.